The van der Waals surface area contributed by atoms with Crippen LogP contribution in [-0.4, -0.2) is 35.1 Å². The molecule has 3 aromatic rings. The number of nitrogens with zero attached hydrogens (tertiary/aromatic N) is 1. The van der Waals surface area contributed by atoms with Gasteiger partial charge >= 0.3 is 0 Å². The first-order valence-corrected chi connectivity index (χ1v) is 13.0. The van der Waals surface area contributed by atoms with Crippen molar-refractivity contribution >= 4 is 21.6 Å². The Morgan fingerprint density at radius 1 is 1.03 bits per heavy atom. The molecule has 0 spiro atoms. The molecular weight excluding hydrogens is 464 g/mol. The molecule has 184 valence electrons. The molecule has 35 heavy (non-hydrogen) atoms. The van der Waals surface area contributed by atoms with Gasteiger partial charge in [0.2, 0.25) is 5.91 Å². The quantitative estimate of drug-likeness (QED) is 0.502. The number of anilines is 1. The Morgan fingerprint density at radius 3 is 2.51 bits per heavy atom. The van der Waals surface area contributed by atoms with E-state index in [1.807, 2.05) is 31.2 Å². The van der Waals surface area contributed by atoms with Gasteiger partial charge in [0.1, 0.15) is 18.0 Å². The number of fused-ring (bicyclic) bond motifs is 1. The molecule has 1 N–H and O–H groups in total. The third-order valence-corrected chi connectivity index (χ3v) is 8.00. The fraction of sp³-hybridized carbons (Fsp3) is 0.296. The number of nitrogens with one attached hydrogen (secondary N) is 1. The van der Waals surface area contributed by atoms with Crippen molar-refractivity contribution in [1.82, 2.24) is 5.32 Å². The van der Waals surface area contributed by atoms with Crippen molar-refractivity contribution in [1.29, 1.82) is 0 Å². The molecule has 0 bridgehead atoms. The van der Waals surface area contributed by atoms with E-state index in [9.17, 15) is 13.2 Å². The number of hydrogen-bond acceptors (Lipinski definition) is 5. The molecule has 0 saturated heterocycles. The lowest BCUT2D eigenvalue weighted by Crippen LogP contribution is -2.42. The van der Waals surface area contributed by atoms with Crippen LogP contribution in [0, 0.1) is 6.92 Å². The lowest BCUT2D eigenvalue weighted by molar-refractivity contribution is -0.120. The van der Waals surface area contributed by atoms with Crippen molar-refractivity contribution in [2.45, 2.75) is 37.1 Å². The number of carbonyl (C=O) groups excluding carboxylic acids is 1. The molecule has 1 unspecified atom stereocenters. The van der Waals surface area contributed by atoms with Crippen LogP contribution in [-0.2, 0) is 21.2 Å². The minimum absolute atomic E-state index is 0.103. The molecule has 4 rings (SSSR count). The number of amides is 1. The number of carbonyl (C=O) groups is 1. The van der Waals surface area contributed by atoms with E-state index in [0.29, 0.717) is 11.4 Å². The Kier molecular flexibility index (Phi) is 7.31. The summed E-state index contributed by atoms with van der Waals surface area (Å²) in [6.45, 7) is 1.49. The molecule has 7 nitrogen and oxygen atoms in total. The Hall–Kier alpha value is -3.52. The standard InChI is InChI=1S/C27H30N2O5S/c1-19-12-15-26(34-3)25(16-19)29(35(31,32)22-9-5-4-6-10-22)18-27(30)28-24-11-7-8-20-17-21(33-2)13-14-23(20)24/h4-6,9-10,12-17,24H,7-8,11,18H2,1-3H3,(H,28,30). The van der Waals surface area contributed by atoms with Crippen LogP contribution in [0.5, 0.6) is 11.5 Å². The minimum atomic E-state index is -4.03. The third kappa shape index (κ3) is 5.27. The van der Waals surface area contributed by atoms with Crippen LogP contribution in [0.1, 0.15) is 35.6 Å². The fourth-order valence-electron chi connectivity index (χ4n) is 4.45. The van der Waals surface area contributed by atoms with Gasteiger partial charge in [-0.25, -0.2) is 8.42 Å². The van der Waals surface area contributed by atoms with Gasteiger partial charge in [0.25, 0.3) is 10.0 Å². The number of ether oxygens (including phenoxy) is 2. The minimum Gasteiger partial charge on any atom is -0.497 e. The van der Waals surface area contributed by atoms with Crippen molar-refractivity contribution in [2.24, 2.45) is 0 Å². The highest BCUT2D eigenvalue weighted by molar-refractivity contribution is 7.92. The van der Waals surface area contributed by atoms with Gasteiger partial charge in [-0.05, 0) is 79.3 Å². The van der Waals surface area contributed by atoms with Crippen LogP contribution in [0.2, 0.25) is 0 Å². The van der Waals surface area contributed by atoms with Crippen LogP contribution in [0.25, 0.3) is 0 Å². The van der Waals surface area contributed by atoms with Crippen molar-refractivity contribution < 1.29 is 22.7 Å². The van der Waals surface area contributed by atoms with E-state index in [-0.39, 0.29) is 23.4 Å². The summed E-state index contributed by atoms with van der Waals surface area (Å²) in [5.41, 5.74) is 3.34. The number of rotatable bonds is 8. The number of benzene rings is 3. The van der Waals surface area contributed by atoms with Gasteiger partial charge in [-0.3, -0.25) is 9.10 Å². The number of hydrogen-bond donors (Lipinski definition) is 1. The largest absolute Gasteiger partial charge is 0.497 e. The maximum absolute atomic E-state index is 13.7. The summed E-state index contributed by atoms with van der Waals surface area (Å²) in [5, 5.41) is 3.06. The topological polar surface area (TPSA) is 84.9 Å². The third-order valence-electron chi connectivity index (χ3n) is 6.22. The monoisotopic (exact) mass is 494 g/mol. The zero-order valence-electron chi connectivity index (χ0n) is 20.2. The lowest BCUT2D eigenvalue weighted by Gasteiger charge is -2.29. The van der Waals surface area contributed by atoms with Gasteiger partial charge in [-0.15, -0.1) is 0 Å². The zero-order valence-corrected chi connectivity index (χ0v) is 21.0. The maximum atomic E-state index is 13.7. The Labute approximate surface area is 206 Å². The van der Waals surface area contributed by atoms with Crippen molar-refractivity contribution in [2.75, 3.05) is 25.1 Å². The SMILES string of the molecule is COc1ccc2c(c1)CCCC2NC(=O)CN(c1cc(C)ccc1OC)S(=O)(=O)c1ccccc1. The smallest absolute Gasteiger partial charge is 0.264 e. The van der Waals surface area contributed by atoms with Gasteiger partial charge in [-0.1, -0.05) is 30.3 Å². The molecule has 3 aromatic carbocycles. The molecular formula is C27H30N2O5S. The Bertz CT molecular complexity index is 1310. The number of methoxy groups -OCH3 is 2. The Morgan fingerprint density at radius 2 is 1.80 bits per heavy atom. The van der Waals surface area contributed by atoms with Crippen LogP contribution < -0.4 is 19.1 Å². The van der Waals surface area contributed by atoms with Gasteiger partial charge in [0, 0.05) is 0 Å². The van der Waals surface area contributed by atoms with E-state index in [1.54, 1.807) is 37.4 Å². The van der Waals surface area contributed by atoms with E-state index in [4.69, 9.17) is 9.47 Å². The van der Waals surface area contributed by atoms with Crippen LogP contribution in [0.15, 0.2) is 71.6 Å². The first kappa shape index (κ1) is 24.6. The highest BCUT2D eigenvalue weighted by Gasteiger charge is 2.31. The maximum Gasteiger partial charge on any atom is 0.264 e. The molecule has 0 heterocycles. The summed E-state index contributed by atoms with van der Waals surface area (Å²) in [5.74, 6) is 0.766. The second-order valence-electron chi connectivity index (χ2n) is 8.58. The molecule has 0 saturated carbocycles. The molecule has 0 aromatic heterocycles. The lowest BCUT2D eigenvalue weighted by atomic mass is 9.87. The Balaban J connectivity index is 1.66. The van der Waals surface area contributed by atoms with Crippen molar-refractivity contribution in [3.05, 3.63) is 83.4 Å². The molecule has 8 heteroatoms. The normalized spacial score (nSPS) is 15.1. The van der Waals surface area contributed by atoms with Gasteiger partial charge in [-0.2, -0.15) is 0 Å². The highest BCUT2D eigenvalue weighted by atomic mass is 32.2. The van der Waals surface area contributed by atoms with Gasteiger partial charge in [0.15, 0.2) is 0 Å². The van der Waals surface area contributed by atoms with Crippen LogP contribution >= 0.6 is 0 Å². The van der Waals surface area contributed by atoms with E-state index >= 15 is 0 Å². The second kappa shape index (κ2) is 10.4. The molecule has 0 radical (unpaired) electrons. The predicted octanol–water partition coefficient (Wildman–Crippen LogP) is 4.40. The average Bonchev–Trinajstić information content (AvgIpc) is 2.87. The van der Waals surface area contributed by atoms with Crippen molar-refractivity contribution in [3.63, 3.8) is 0 Å². The molecule has 1 aliphatic carbocycles. The second-order valence-corrected chi connectivity index (χ2v) is 10.4. The van der Waals surface area contributed by atoms with E-state index in [2.05, 4.69) is 5.32 Å². The molecule has 0 fully saturated rings. The predicted molar refractivity (Wildman–Crippen MR) is 136 cm³/mol. The summed E-state index contributed by atoms with van der Waals surface area (Å²) in [6, 6.07) is 19.0. The molecule has 1 atom stereocenters. The summed E-state index contributed by atoms with van der Waals surface area (Å²) in [4.78, 5) is 13.4. The molecule has 1 amide bonds. The van der Waals surface area contributed by atoms with E-state index < -0.39 is 10.0 Å². The van der Waals surface area contributed by atoms with Crippen LogP contribution in [0.4, 0.5) is 5.69 Å². The highest BCUT2D eigenvalue weighted by Crippen LogP contribution is 2.35. The number of sulfonamides is 1. The van der Waals surface area contributed by atoms with E-state index in [0.717, 1.165) is 46.0 Å². The summed E-state index contributed by atoms with van der Waals surface area (Å²) >= 11 is 0. The number of aryl methyl sites for hydroxylation is 2. The van der Waals surface area contributed by atoms with Crippen LogP contribution in [0.3, 0.4) is 0 Å². The average molecular weight is 495 g/mol. The van der Waals surface area contributed by atoms with E-state index in [1.165, 1.54) is 19.2 Å². The van der Waals surface area contributed by atoms with Gasteiger partial charge < -0.3 is 14.8 Å². The first-order valence-electron chi connectivity index (χ1n) is 11.5. The first-order chi connectivity index (χ1) is 16.8. The fourth-order valence-corrected chi connectivity index (χ4v) is 5.90. The zero-order chi connectivity index (χ0) is 25.0. The summed E-state index contributed by atoms with van der Waals surface area (Å²) < 4.78 is 39.3. The van der Waals surface area contributed by atoms with Crippen molar-refractivity contribution in [3.8, 4) is 11.5 Å². The summed E-state index contributed by atoms with van der Waals surface area (Å²) in [6.07, 6.45) is 2.61. The molecule has 1 aliphatic rings. The summed E-state index contributed by atoms with van der Waals surface area (Å²) in [7, 11) is -0.922. The molecule has 0 aliphatic heterocycles. The van der Waals surface area contributed by atoms with Gasteiger partial charge in [0.05, 0.1) is 30.8 Å².